The minimum atomic E-state index is -4.40. The number of hydrogen-bond acceptors (Lipinski definition) is 2. The van der Waals surface area contributed by atoms with Crippen LogP contribution in [-0.2, 0) is 0 Å². The topological polar surface area (TPSA) is 69.0 Å². The van der Waals surface area contributed by atoms with E-state index >= 15 is 0 Å². The quantitative estimate of drug-likeness (QED) is 0.389. The van der Waals surface area contributed by atoms with Crippen LogP contribution in [-0.4, -0.2) is 23.9 Å². The number of aliphatic hydroxyl groups excluding tert-OH is 1. The van der Waals surface area contributed by atoms with E-state index in [-0.39, 0.29) is 0 Å². The first kappa shape index (κ1) is 10.1. The SMILES string of the molecule is [N-]=[N+]=NC(CO)CC(F)(F)F. The predicted octanol–water partition coefficient (Wildman–Crippen LogP) is 1.61. The summed E-state index contributed by atoms with van der Waals surface area (Å²) in [6.07, 6.45) is -5.69. The molecule has 0 fully saturated rings. The number of rotatable bonds is 3. The van der Waals surface area contributed by atoms with E-state index < -0.39 is 25.2 Å². The van der Waals surface area contributed by atoms with Crippen molar-refractivity contribution in [3.05, 3.63) is 10.4 Å². The van der Waals surface area contributed by atoms with Gasteiger partial charge in [0.1, 0.15) is 0 Å². The highest BCUT2D eigenvalue weighted by Gasteiger charge is 2.30. The summed E-state index contributed by atoms with van der Waals surface area (Å²) < 4.78 is 34.6. The smallest absolute Gasteiger partial charge is 0.389 e. The van der Waals surface area contributed by atoms with Gasteiger partial charge in [0.15, 0.2) is 0 Å². The van der Waals surface area contributed by atoms with Crippen molar-refractivity contribution in [2.24, 2.45) is 5.11 Å². The van der Waals surface area contributed by atoms with Crippen molar-refractivity contribution in [1.29, 1.82) is 0 Å². The molecular weight excluding hydrogens is 163 g/mol. The zero-order valence-electron chi connectivity index (χ0n) is 5.41. The molecule has 0 rings (SSSR count). The van der Waals surface area contributed by atoms with Gasteiger partial charge in [-0.25, -0.2) is 0 Å². The molecule has 0 radical (unpaired) electrons. The fourth-order valence-corrected chi connectivity index (χ4v) is 0.482. The Labute approximate surface area is 60.3 Å². The van der Waals surface area contributed by atoms with Crippen molar-refractivity contribution >= 4 is 0 Å². The zero-order valence-corrected chi connectivity index (χ0v) is 5.41. The number of halogens is 3. The molecule has 0 saturated heterocycles. The van der Waals surface area contributed by atoms with Crippen molar-refractivity contribution in [2.45, 2.75) is 18.6 Å². The van der Waals surface area contributed by atoms with Crippen LogP contribution in [0, 0.1) is 0 Å². The van der Waals surface area contributed by atoms with Gasteiger partial charge in [0.25, 0.3) is 0 Å². The zero-order chi connectivity index (χ0) is 8.91. The van der Waals surface area contributed by atoms with Crippen LogP contribution in [0.3, 0.4) is 0 Å². The molecule has 0 aromatic rings. The monoisotopic (exact) mass is 169 g/mol. The Balaban J connectivity index is 3.98. The second-order valence-corrected chi connectivity index (χ2v) is 1.86. The average Bonchev–Trinajstić information content (AvgIpc) is 1.84. The van der Waals surface area contributed by atoms with E-state index in [1.54, 1.807) is 0 Å². The average molecular weight is 169 g/mol. The van der Waals surface area contributed by atoms with E-state index in [4.69, 9.17) is 10.6 Å². The number of azide groups is 1. The summed E-state index contributed by atoms with van der Waals surface area (Å²) >= 11 is 0. The minimum Gasteiger partial charge on any atom is -0.396 e. The van der Waals surface area contributed by atoms with Gasteiger partial charge in [-0.2, -0.15) is 13.2 Å². The van der Waals surface area contributed by atoms with Gasteiger partial charge in [-0.3, -0.25) is 0 Å². The van der Waals surface area contributed by atoms with Gasteiger partial charge in [-0.1, -0.05) is 5.11 Å². The number of hydrogen-bond donors (Lipinski definition) is 1. The van der Waals surface area contributed by atoms with Gasteiger partial charge in [0.05, 0.1) is 19.1 Å². The van der Waals surface area contributed by atoms with E-state index in [9.17, 15) is 13.2 Å². The lowest BCUT2D eigenvalue weighted by Gasteiger charge is -2.09. The van der Waals surface area contributed by atoms with Gasteiger partial charge in [0.2, 0.25) is 0 Å². The molecule has 0 saturated carbocycles. The van der Waals surface area contributed by atoms with E-state index in [2.05, 4.69) is 10.0 Å². The van der Waals surface area contributed by atoms with Crippen LogP contribution in [0.15, 0.2) is 5.11 Å². The summed E-state index contributed by atoms with van der Waals surface area (Å²) in [4.78, 5) is 2.16. The molecule has 1 atom stereocenters. The van der Waals surface area contributed by atoms with E-state index in [1.165, 1.54) is 0 Å². The van der Waals surface area contributed by atoms with Gasteiger partial charge >= 0.3 is 6.18 Å². The van der Waals surface area contributed by atoms with Crippen molar-refractivity contribution < 1.29 is 18.3 Å². The van der Waals surface area contributed by atoms with Crippen LogP contribution in [0.2, 0.25) is 0 Å². The van der Waals surface area contributed by atoms with Crippen LogP contribution in [0.1, 0.15) is 6.42 Å². The maximum atomic E-state index is 11.5. The first-order chi connectivity index (χ1) is 4.99. The fourth-order valence-electron chi connectivity index (χ4n) is 0.482. The fraction of sp³-hybridized carbons (Fsp3) is 1.00. The molecule has 4 nitrogen and oxygen atoms in total. The van der Waals surface area contributed by atoms with Crippen molar-refractivity contribution in [3.63, 3.8) is 0 Å². The Morgan fingerprint density at radius 3 is 2.36 bits per heavy atom. The molecule has 0 aromatic carbocycles. The molecule has 0 aliphatic carbocycles. The Morgan fingerprint density at radius 2 is 2.09 bits per heavy atom. The number of alkyl halides is 3. The number of aliphatic hydroxyl groups is 1. The van der Waals surface area contributed by atoms with Crippen LogP contribution in [0.25, 0.3) is 10.4 Å². The third-order valence-corrected chi connectivity index (χ3v) is 0.893. The number of nitrogens with zero attached hydrogens (tertiary/aromatic N) is 3. The molecule has 0 aromatic heterocycles. The summed E-state index contributed by atoms with van der Waals surface area (Å²) in [5.41, 5.74) is 7.74. The second kappa shape index (κ2) is 4.05. The molecule has 1 N–H and O–H groups in total. The lowest BCUT2D eigenvalue weighted by Crippen LogP contribution is -2.20. The van der Waals surface area contributed by atoms with Crippen molar-refractivity contribution in [3.8, 4) is 0 Å². The highest BCUT2D eigenvalue weighted by Crippen LogP contribution is 2.22. The van der Waals surface area contributed by atoms with Gasteiger partial charge < -0.3 is 5.11 Å². The van der Waals surface area contributed by atoms with Gasteiger partial charge in [-0.15, -0.1) is 0 Å². The molecular formula is C4H6F3N3O. The summed E-state index contributed by atoms with van der Waals surface area (Å²) in [6, 6.07) is -1.40. The Hall–Kier alpha value is -0.940. The predicted molar refractivity (Wildman–Crippen MR) is 30.7 cm³/mol. The summed E-state index contributed by atoms with van der Waals surface area (Å²) in [6.45, 7) is -0.788. The molecule has 1 unspecified atom stereocenters. The Bertz CT molecular complexity index is 162. The molecule has 0 aliphatic rings. The van der Waals surface area contributed by atoms with Crippen LogP contribution >= 0.6 is 0 Å². The molecule has 0 spiro atoms. The van der Waals surface area contributed by atoms with Crippen LogP contribution in [0.5, 0.6) is 0 Å². The van der Waals surface area contributed by atoms with Gasteiger partial charge in [-0.05, 0) is 5.53 Å². The molecule has 0 amide bonds. The van der Waals surface area contributed by atoms with Crippen molar-refractivity contribution in [1.82, 2.24) is 0 Å². The molecule has 64 valence electrons. The highest BCUT2D eigenvalue weighted by atomic mass is 19.4. The molecule has 0 bridgehead atoms. The Morgan fingerprint density at radius 1 is 1.55 bits per heavy atom. The maximum Gasteiger partial charge on any atom is 0.389 e. The Kier molecular flexibility index (Phi) is 3.70. The van der Waals surface area contributed by atoms with E-state index in [1.807, 2.05) is 0 Å². The first-order valence-corrected chi connectivity index (χ1v) is 2.71. The van der Waals surface area contributed by atoms with Crippen LogP contribution < -0.4 is 0 Å². The third-order valence-electron chi connectivity index (χ3n) is 0.893. The maximum absolute atomic E-state index is 11.5. The summed E-state index contributed by atoms with van der Waals surface area (Å²) in [5, 5.41) is 11.0. The van der Waals surface area contributed by atoms with Gasteiger partial charge in [0, 0.05) is 4.91 Å². The van der Waals surface area contributed by atoms with E-state index in [0.29, 0.717) is 0 Å². The summed E-state index contributed by atoms with van der Waals surface area (Å²) in [7, 11) is 0. The molecule has 0 heterocycles. The summed E-state index contributed by atoms with van der Waals surface area (Å²) in [5.74, 6) is 0. The van der Waals surface area contributed by atoms with Crippen molar-refractivity contribution in [2.75, 3.05) is 6.61 Å². The molecule has 11 heavy (non-hydrogen) atoms. The highest BCUT2D eigenvalue weighted by molar-refractivity contribution is 4.69. The largest absolute Gasteiger partial charge is 0.396 e. The standard InChI is InChI=1S/C4H6F3N3O/c5-4(6,7)1-3(2-11)9-10-8/h3,11H,1-2H2. The third kappa shape index (κ3) is 5.50. The lowest BCUT2D eigenvalue weighted by molar-refractivity contribution is -0.139. The van der Waals surface area contributed by atoms with E-state index in [0.717, 1.165) is 0 Å². The normalized spacial score (nSPS) is 13.8. The molecule has 7 heteroatoms. The minimum absolute atomic E-state index is 0.788. The first-order valence-electron chi connectivity index (χ1n) is 2.71. The van der Waals surface area contributed by atoms with Crippen LogP contribution in [0.4, 0.5) is 13.2 Å². The lowest BCUT2D eigenvalue weighted by atomic mass is 10.2. The molecule has 0 aliphatic heterocycles. The second-order valence-electron chi connectivity index (χ2n) is 1.86.